The molecule has 0 saturated carbocycles. The van der Waals surface area contributed by atoms with E-state index in [2.05, 4.69) is 28.8 Å². The summed E-state index contributed by atoms with van der Waals surface area (Å²) in [6, 6.07) is 3.94. The normalized spacial score (nSPS) is 12.7. The summed E-state index contributed by atoms with van der Waals surface area (Å²) in [6.45, 7) is 4.48. The number of fused-ring (bicyclic) bond motifs is 1. The van der Waals surface area contributed by atoms with Crippen LogP contribution in [0.15, 0.2) is 24.5 Å². The highest BCUT2D eigenvalue weighted by Gasteiger charge is 2.13. The lowest BCUT2D eigenvalue weighted by Crippen LogP contribution is -2.04. The number of hydrogen-bond donors (Lipinski definition) is 0. The van der Waals surface area contributed by atoms with Crippen LogP contribution in [0.3, 0.4) is 0 Å². The van der Waals surface area contributed by atoms with Crippen molar-refractivity contribution in [3.63, 3.8) is 0 Å². The van der Waals surface area contributed by atoms with Crippen LogP contribution in [0.1, 0.15) is 70.5 Å². The van der Waals surface area contributed by atoms with E-state index in [4.69, 9.17) is 0 Å². The summed E-state index contributed by atoms with van der Waals surface area (Å²) in [5.74, 6) is 1.44. The van der Waals surface area contributed by atoms with E-state index in [1.165, 1.54) is 38.5 Å². The van der Waals surface area contributed by atoms with Crippen molar-refractivity contribution in [3.05, 3.63) is 30.4 Å². The molecule has 2 rings (SSSR count). The van der Waals surface area contributed by atoms with Crippen molar-refractivity contribution >= 4 is 11.0 Å². The first-order valence-corrected chi connectivity index (χ1v) is 7.92. The van der Waals surface area contributed by atoms with Gasteiger partial charge in [0.05, 0.1) is 0 Å². The second-order valence-corrected chi connectivity index (χ2v) is 5.45. The van der Waals surface area contributed by atoms with Crippen molar-refractivity contribution in [2.24, 2.45) is 0 Å². The van der Waals surface area contributed by atoms with E-state index in [1.54, 1.807) is 6.20 Å². The van der Waals surface area contributed by atoms with Gasteiger partial charge in [-0.2, -0.15) is 0 Å². The van der Waals surface area contributed by atoms with Gasteiger partial charge in [0, 0.05) is 23.7 Å². The van der Waals surface area contributed by atoms with Crippen LogP contribution < -0.4 is 0 Å². The highest BCUT2D eigenvalue weighted by Crippen LogP contribution is 2.24. The van der Waals surface area contributed by atoms with Gasteiger partial charge in [-0.15, -0.1) is 0 Å². The van der Waals surface area contributed by atoms with E-state index in [0.717, 1.165) is 23.3 Å². The van der Waals surface area contributed by atoms with Crippen LogP contribution in [0.4, 0.5) is 0 Å². The van der Waals surface area contributed by atoms with Crippen LogP contribution in [-0.4, -0.2) is 15.0 Å². The lowest BCUT2D eigenvalue weighted by Gasteiger charge is -2.13. The van der Waals surface area contributed by atoms with Crippen molar-refractivity contribution in [1.29, 1.82) is 0 Å². The summed E-state index contributed by atoms with van der Waals surface area (Å²) in [6.07, 6.45) is 12.6. The van der Waals surface area contributed by atoms with Crippen molar-refractivity contribution in [3.8, 4) is 0 Å². The Morgan fingerprint density at radius 2 is 1.90 bits per heavy atom. The van der Waals surface area contributed by atoms with Gasteiger partial charge in [0.25, 0.3) is 0 Å². The molecule has 0 aromatic carbocycles. The van der Waals surface area contributed by atoms with Gasteiger partial charge in [0.15, 0.2) is 5.65 Å². The third kappa shape index (κ3) is 3.99. The number of rotatable bonds is 8. The summed E-state index contributed by atoms with van der Waals surface area (Å²) < 4.78 is 0. The lowest BCUT2D eigenvalue weighted by molar-refractivity contribution is 0.518. The maximum atomic E-state index is 4.64. The van der Waals surface area contributed by atoms with Crippen LogP contribution >= 0.6 is 0 Å². The third-order valence-electron chi connectivity index (χ3n) is 3.89. The lowest BCUT2D eigenvalue weighted by atomic mass is 9.97. The summed E-state index contributed by atoms with van der Waals surface area (Å²) in [5, 5.41) is 1.02. The third-order valence-corrected chi connectivity index (χ3v) is 3.89. The monoisotopic (exact) mass is 271 g/mol. The van der Waals surface area contributed by atoms with Crippen molar-refractivity contribution in [2.75, 3.05) is 0 Å². The molecule has 0 saturated heterocycles. The molecule has 0 bridgehead atoms. The highest BCUT2D eigenvalue weighted by molar-refractivity contribution is 5.72. The van der Waals surface area contributed by atoms with Gasteiger partial charge < -0.3 is 0 Å². The van der Waals surface area contributed by atoms with Gasteiger partial charge in [-0.3, -0.25) is 0 Å². The van der Waals surface area contributed by atoms with Crippen molar-refractivity contribution in [2.45, 2.75) is 64.7 Å². The Morgan fingerprint density at radius 1 is 1.05 bits per heavy atom. The molecule has 0 aliphatic carbocycles. The smallest absolute Gasteiger partial charge is 0.162 e. The zero-order valence-electron chi connectivity index (χ0n) is 12.7. The second-order valence-electron chi connectivity index (χ2n) is 5.45. The Bertz CT molecular complexity index is 524. The first-order valence-electron chi connectivity index (χ1n) is 7.92. The average Bonchev–Trinajstić information content (AvgIpc) is 2.50. The fraction of sp³-hybridized carbons (Fsp3) is 0.588. The van der Waals surface area contributed by atoms with Gasteiger partial charge >= 0.3 is 0 Å². The average molecular weight is 271 g/mol. The topological polar surface area (TPSA) is 38.7 Å². The Balaban J connectivity index is 1.98. The van der Waals surface area contributed by atoms with Crippen molar-refractivity contribution in [1.82, 2.24) is 15.0 Å². The quantitative estimate of drug-likeness (QED) is 0.642. The number of nitrogens with zero attached hydrogens (tertiary/aromatic N) is 3. The van der Waals surface area contributed by atoms with Crippen molar-refractivity contribution < 1.29 is 0 Å². The number of pyridine rings is 1. The van der Waals surface area contributed by atoms with Gasteiger partial charge in [-0.05, 0) is 25.0 Å². The molecule has 2 aromatic heterocycles. The van der Waals surface area contributed by atoms with Gasteiger partial charge in [-0.25, -0.2) is 15.0 Å². The predicted molar refractivity (Wildman–Crippen MR) is 83.7 cm³/mol. The molecule has 0 aliphatic heterocycles. The zero-order valence-corrected chi connectivity index (χ0v) is 12.7. The molecule has 1 atom stereocenters. The van der Waals surface area contributed by atoms with Crippen LogP contribution in [0, 0.1) is 0 Å². The number of unbranched alkanes of at least 4 members (excludes halogenated alkanes) is 4. The minimum atomic E-state index is 0.475. The van der Waals surface area contributed by atoms with Crippen LogP contribution in [0.25, 0.3) is 11.0 Å². The van der Waals surface area contributed by atoms with E-state index >= 15 is 0 Å². The molecule has 0 spiro atoms. The Hall–Kier alpha value is -1.51. The molecule has 3 nitrogen and oxygen atoms in total. The van der Waals surface area contributed by atoms with Crippen LogP contribution in [-0.2, 0) is 0 Å². The first kappa shape index (κ1) is 14.9. The Kier molecular flexibility index (Phi) is 5.90. The minimum absolute atomic E-state index is 0.475. The summed E-state index contributed by atoms with van der Waals surface area (Å²) in [5.41, 5.74) is 0.821. The van der Waals surface area contributed by atoms with E-state index in [0.29, 0.717) is 5.92 Å². The number of hydrogen-bond acceptors (Lipinski definition) is 3. The van der Waals surface area contributed by atoms with E-state index in [-0.39, 0.29) is 0 Å². The fourth-order valence-electron chi connectivity index (χ4n) is 2.58. The predicted octanol–water partition coefficient (Wildman–Crippen LogP) is 4.88. The molecule has 0 amide bonds. The van der Waals surface area contributed by atoms with Gasteiger partial charge in [-0.1, -0.05) is 46.0 Å². The summed E-state index contributed by atoms with van der Waals surface area (Å²) >= 11 is 0. The Morgan fingerprint density at radius 3 is 2.70 bits per heavy atom. The second kappa shape index (κ2) is 7.93. The summed E-state index contributed by atoms with van der Waals surface area (Å²) in [7, 11) is 0. The number of aromatic nitrogens is 3. The molecule has 0 N–H and O–H groups in total. The summed E-state index contributed by atoms with van der Waals surface area (Å²) in [4.78, 5) is 13.5. The largest absolute Gasteiger partial charge is 0.240 e. The van der Waals surface area contributed by atoms with E-state index in [9.17, 15) is 0 Å². The molecule has 1 unspecified atom stereocenters. The molecular weight excluding hydrogens is 246 g/mol. The molecule has 0 aliphatic rings. The van der Waals surface area contributed by atoms with Crippen LogP contribution in [0.5, 0.6) is 0 Å². The SMILES string of the molecule is CCCCCCCC(CC)c1ncc2cccnc2n1. The van der Waals surface area contributed by atoms with Crippen LogP contribution in [0.2, 0.25) is 0 Å². The maximum Gasteiger partial charge on any atom is 0.162 e. The molecule has 3 heteroatoms. The molecule has 0 radical (unpaired) electrons. The van der Waals surface area contributed by atoms with Gasteiger partial charge in [0.1, 0.15) is 5.82 Å². The molecule has 108 valence electrons. The minimum Gasteiger partial charge on any atom is -0.240 e. The highest BCUT2D eigenvalue weighted by atomic mass is 14.9. The molecule has 20 heavy (non-hydrogen) atoms. The molecular formula is C17H25N3. The fourth-order valence-corrected chi connectivity index (χ4v) is 2.58. The first-order chi connectivity index (χ1) is 9.85. The molecule has 0 fully saturated rings. The zero-order chi connectivity index (χ0) is 14.2. The molecule has 2 aromatic rings. The van der Waals surface area contributed by atoms with E-state index in [1.807, 2.05) is 18.3 Å². The standard InChI is InChI=1S/C17H25N3/c1-3-5-6-7-8-10-14(4-2)16-19-13-15-11-9-12-18-17(15)20-16/h9,11-14H,3-8,10H2,1-2H3. The van der Waals surface area contributed by atoms with E-state index < -0.39 is 0 Å². The molecule has 2 heterocycles. The Labute approximate surface area is 121 Å². The maximum absolute atomic E-state index is 4.64. The van der Waals surface area contributed by atoms with Gasteiger partial charge in [0.2, 0.25) is 0 Å².